The van der Waals surface area contributed by atoms with E-state index in [1.165, 1.54) is 0 Å². The molecule has 1 N–H and O–H groups in total. The van der Waals surface area contributed by atoms with Crippen LogP contribution in [-0.4, -0.2) is 61.0 Å². The van der Waals surface area contributed by atoms with Gasteiger partial charge in [-0.15, -0.1) is 0 Å². The van der Waals surface area contributed by atoms with Crippen molar-refractivity contribution >= 4 is 27.9 Å². The predicted octanol–water partition coefficient (Wildman–Crippen LogP) is -0.554. The predicted molar refractivity (Wildman–Crippen MR) is 65.2 cm³/mol. The molecule has 2 rings (SSSR count). The van der Waals surface area contributed by atoms with Gasteiger partial charge in [0, 0.05) is 0 Å². The molecule has 0 unspecified atom stereocenters. The summed E-state index contributed by atoms with van der Waals surface area (Å²) in [6, 6.07) is 0. The molecular formula is C11H13F2NO7S. The quantitative estimate of drug-likeness (QED) is 0.414. The van der Waals surface area contributed by atoms with Crippen LogP contribution in [0.2, 0.25) is 0 Å². The van der Waals surface area contributed by atoms with Crippen LogP contribution < -0.4 is 0 Å². The summed E-state index contributed by atoms with van der Waals surface area (Å²) in [7, 11) is -3.85. The number of likely N-dealkylation sites (tertiary alicyclic amines) is 1. The van der Waals surface area contributed by atoms with Crippen molar-refractivity contribution in [2.24, 2.45) is 11.8 Å². The number of carbonyl (C=O) groups excluding carboxylic acids is 2. The van der Waals surface area contributed by atoms with Gasteiger partial charge in [-0.05, 0) is 12.8 Å². The number of hydrogen-bond acceptors (Lipinski definition) is 6. The zero-order valence-corrected chi connectivity index (χ0v) is 12.2. The van der Waals surface area contributed by atoms with Crippen LogP contribution in [0.4, 0.5) is 8.78 Å². The highest BCUT2D eigenvalue weighted by molar-refractivity contribution is 7.86. The van der Waals surface area contributed by atoms with Crippen LogP contribution in [0.1, 0.15) is 12.8 Å². The lowest BCUT2D eigenvalue weighted by Crippen LogP contribution is -2.65. The SMILES string of the molecule is CS(=O)(=O)O[C@H]1C[C@@H](C(=O)O)[C@H](C(=O)N2CC(F)(F)C2=O)C1. The van der Waals surface area contributed by atoms with Gasteiger partial charge in [-0.1, -0.05) is 0 Å². The molecule has 2 amide bonds. The van der Waals surface area contributed by atoms with Crippen LogP contribution in [0.25, 0.3) is 0 Å². The molecule has 1 aliphatic carbocycles. The van der Waals surface area contributed by atoms with Gasteiger partial charge in [-0.2, -0.15) is 17.2 Å². The highest BCUT2D eigenvalue weighted by Gasteiger charge is 2.59. The first kappa shape index (κ1) is 16.7. The molecule has 1 heterocycles. The van der Waals surface area contributed by atoms with Crippen LogP contribution in [0.3, 0.4) is 0 Å². The van der Waals surface area contributed by atoms with Crippen molar-refractivity contribution in [2.75, 3.05) is 12.8 Å². The van der Waals surface area contributed by atoms with E-state index in [1.54, 1.807) is 0 Å². The van der Waals surface area contributed by atoms with Gasteiger partial charge in [0.25, 0.3) is 10.1 Å². The Hall–Kier alpha value is -1.62. The normalized spacial score (nSPS) is 31.0. The highest BCUT2D eigenvalue weighted by Crippen LogP contribution is 2.39. The average molecular weight is 341 g/mol. The molecule has 22 heavy (non-hydrogen) atoms. The Labute approximate surface area is 124 Å². The molecule has 1 aliphatic heterocycles. The lowest BCUT2D eigenvalue weighted by atomic mass is 9.93. The molecule has 124 valence electrons. The largest absolute Gasteiger partial charge is 0.481 e. The molecule has 0 radical (unpaired) electrons. The Balaban J connectivity index is 2.13. The number of amides is 2. The molecule has 3 atom stereocenters. The van der Waals surface area contributed by atoms with Gasteiger partial charge in [0.05, 0.1) is 24.2 Å². The Kier molecular flexibility index (Phi) is 3.98. The van der Waals surface area contributed by atoms with E-state index in [-0.39, 0.29) is 12.8 Å². The summed E-state index contributed by atoms with van der Waals surface area (Å²) in [5, 5.41) is 9.08. The minimum Gasteiger partial charge on any atom is -0.481 e. The monoisotopic (exact) mass is 341 g/mol. The van der Waals surface area contributed by atoms with Crippen molar-refractivity contribution in [3.63, 3.8) is 0 Å². The van der Waals surface area contributed by atoms with E-state index in [1.807, 2.05) is 0 Å². The van der Waals surface area contributed by atoms with E-state index in [2.05, 4.69) is 4.18 Å². The van der Waals surface area contributed by atoms with Crippen LogP contribution >= 0.6 is 0 Å². The third-order valence-corrected chi connectivity index (χ3v) is 4.27. The second-order valence-corrected chi connectivity index (χ2v) is 6.98. The van der Waals surface area contributed by atoms with Crippen LogP contribution in [0.5, 0.6) is 0 Å². The molecule has 0 aromatic carbocycles. The summed E-state index contributed by atoms with van der Waals surface area (Å²) >= 11 is 0. The fourth-order valence-corrected chi connectivity index (χ4v) is 3.34. The molecule has 2 fully saturated rings. The molecule has 2 aliphatic rings. The number of halogens is 2. The summed E-state index contributed by atoms with van der Waals surface area (Å²) in [5.41, 5.74) is 0. The minimum absolute atomic E-state index is 0.253. The lowest BCUT2D eigenvalue weighted by Gasteiger charge is -2.37. The number of alkyl halides is 2. The molecule has 11 heteroatoms. The molecule has 0 aromatic rings. The van der Waals surface area contributed by atoms with E-state index < -0.39 is 58.3 Å². The standard InChI is InChI=1S/C11H13F2NO7S/c1-22(19,20)21-5-2-6(7(3-5)9(16)17)8(15)14-4-11(12,13)10(14)18/h5-7H,2-4H2,1H3,(H,16,17)/t5-,6-,7-/m1/s1. The van der Waals surface area contributed by atoms with Crippen molar-refractivity contribution in [2.45, 2.75) is 24.9 Å². The number of rotatable bonds is 4. The maximum atomic E-state index is 12.8. The number of imide groups is 1. The fourth-order valence-electron chi connectivity index (χ4n) is 2.69. The number of carboxylic acid groups (broad SMARTS) is 1. The first-order valence-corrected chi connectivity index (χ1v) is 8.09. The molecule has 8 nitrogen and oxygen atoms in total. The maximum Gasteiger partial charge on any atom is 0.342 e. The van der Waals surface area contributed by atoms with E-state index in [9.17, 15) is 31.6 Å². The van der Waals surface area contributed by atoms with Crippen molar-refractivity contribution < 1.29 is 40.9 Å². The summed E-state index contributed by atoms with van der Waals surface area (Å²) in [6.45, 7) is -1.09. The molecule has 1 saturated carbocycles. The van der Waals surface area contributed by atoms with Gasteiger partial charge in [0.2, 0.25) is 5.91 Å². The number of carboxylic acids is 1. The van der Waals surface area contributed by atoms with Crippen LogP contribution in [0, 0.1) is 11.8 Å². The average Bonchev–Trinajstić information content (AvgIpc) is 2.76. The third-order valence-electron chi connectivity index (χ3n) is 3.65. The molecule has 0 aromatic heterocycles. The van der Waals surface area contributed by atoms with Crippen LogP contribution in [-0.2, 0) is 28.7 Å². The smallest absolute Gasteiger partial charge is 0.342 e. The number of carbonyl (C=O) groups is 3. The summed E-state index contributed by atoms with van der Waals surface area (Å²) < 4.78 is 52.4. The molecular weight excluding hydrogens is 328 g/mol. The van der Waals surface area contributed by atoms with Gasteiger partial charge in [-0.25, -0.2) is 0 Å². The van der Waals surface area contributed by atoms with E-state index in [4.69, 9.17) is 5.11 Å². The minimum atomic E-state index is -3.85. The van der Waals surface area contributed by atoms with E-state index >= 15 is 0 Å². The van der Waals surface area contributed by atoms with Crippen LogP contribution in [0.15, 0.2) is 0 Å². The Morgan fingerprint density at radius 3 is 2.27 bits per heavy atom. The molecule has 0 bridgehead atoms. The number of aliphatic carboxylic acids is 1. The summed E-state index contributed by atoms with van der Waals surface area (Å²) in [6.07, 6.45) is -0.783. The second-order valence-electron chi connectivity index (χ2n) is 5.38. The van der Waals surface area contributed by atoms with Gasteiger partial charge < -0.3 is 5.11 Å². The van der Waals surface area contributed by atoms with Crippen molar-refractivity contribution in [3.8, 4) is 0 Å². The lowest BCUT2D eigenvalue weighted by molar-refractivity contribution is -0.191. The third kappa shape index (κ3) is 3.09. The van der Waals surface area contributed by atoms with E-state index in [0.717, 1.165) is 6.26 Å². The summed E-state index contributed by atoms with van der Waals surface area (Å²) in [4.78, 5) is 34.7. The number of β-lactam (4-membered cyclic amide) rings is 1. The van der Waals surface area contributed by atoms with Gasteiger partial charge >= 0.3 is 17.8 Å². The first-order chi connectivity index (χ1) is 9.92. The Morgan fingerprint density at radius 1 is 1.32 bits per heavy atom. The second kappa shape index (κ2) is 5.23. The molecule has 1 saturated heterocycles. The zero-order valence-electron chi connectivity index (χ0n) is 11.4. The Bertz CT molecular complexity index is 632. The first-order valence-electron chi connectivity index (χ1n) is 6.27. The maximum absolute atomic E-state index is 12.8. The number of hydrogen-bond donors (Lipinski definition) is 1. The van der Waals surface area contributed by atoms with Crippen molar-refractivity contribution in [1.29, 1.82) is 0 Å². The van der Waals surface area contributed by atoms with E-state index in [0.29, 0.717) is 4.90 Å². The van der Waals surface area contributed by atoms with Gasteiger partial charge in [-0.3, -0.25) is 23.5 Å². The molecule has 0 spiro atoms. The fraction of sp³-hybridized carbons (Fsp3) is 0.727. The number of nitrogens with zero attached hydrogens (tertiary/aromatic N) is 1. The van der Waals surface area contributed by atoms with Gasteiger partial charge in [0.1, 0.15) is 6.54 Å². The van der Waals surface area contributed by atoms with Crippen molar-refractivity contribution in [1.82, 2.24) is 4.90 Å². The Morgan fingerprint density at radius 2 is 1.86 bits per heavy atom. The highest BCUT2D eigenvalue weighted by atomic mass is 32.2. The zero-order chi connectivity index (χ0) is 16.9. The van der Waals surface area contributed by atoms with Crippen molar-refractivity contribution in [3.05, 3.63) is 0 Å². The summed E-state index contributed by atoms with van der Waals surface area (Å²) in [5.74, 6) is -10.3. The van der Waals surface area contributed by atoms with Gasteiger partial charge in [0.15, 0.2) is 0 Å². The topological polar surface area (TPSA) is 118 Å².